The van der Waals surface area contributed by atoms with Gasteiger partial charge < -0.3 is 23.9 Å². The molecule has 1 aliphatic rings. The van der Waals surface area contributed by atoms with Crippen molar-refractivity contribution in [2.75, 3.05) is 25.1 Å². The Morgan fingerprint density at radius 2 is 1.53 bits per heavy atom. The summed E-state index contributed by atoms with van der Waals surface area (Å²) in [5, 5.41) is 11.0. The van der Waals surface area contributed by atoms with E-state index < -0.39 is 0 Å². The molecule has 32 heavy (non-hydrogen) atoms. The highest BCUT2D eigenvalue weighted by Gasteiger charge is 2.14. The quantitative estimate of drug-likeness (QED) is 0.491. The molecule has 1 amide bonds. The van der Waals surface area contributed by atoms with Crippen LogP contribution in [-0.2, 0) is 4.79 Å². The van der Waals surface area contributed by atoms with Crippen molar-refractivity contribution in [2.24, 2.45) is 0 Å². The normalized spacial score (nSPS) is 12.2. The fourth-order valence-corrected chi connectivity index (χ4v) is 3.20. The number of hydrogen-bond acceptors (Lipinski definition) is 7. The van der Waals surface area contributed by atoms with E-state index in [4.69, 9.17) is 18.6 Å². The molecule has 4 aromatic rings. The van der Waals surface area contributed by atoms with Gasteiger partial charge in [-0.3, -0.25) is 4.79 Å². The molecule has 0 aliphatic carbocycles. The van der Waals surface area contributed by atoms with Crippen LogP contribution in [0.25, 0.3) is 22.9 Å². The summed E-state index contributed by atoms with van der Waals surface area (Å²) in [5.74, 6) is 2.41. The lowest BCUT2D eigenvalue weighted by Gasteiger charge is -2.19. The minimum Gasteiger partial charge on any atom is -0.486 e. The van der Waals surface area contributed by atoms with Crippen LogP contribution >= 0.6 is 0 Å². The number of rotatable bonds is 6. The van der Waals surface area contributed by atoms with E-state index in [9.17, 15) is 4.79 Å². The second-order valence-corrected chi connectivity index (χ2v) is 7.00. The van der Waals surface area contributed by atoms with Crippen molar-refractivity contribution in [3.63, 3.8) is 0 Å². The van der Waals surface area contributed by atoms with E-state index in [0.717, 1.165) is 11.1 Å². The van der Waals surface area contributed by atoms with Crippen LogP contribution in [0.3, 0.4) is 0 Å². The Bertz CT molecular complexity index is 1220. The Morgan fingerprint density at radius 1 is 0.844 bits per heavy atom. The van der Waals surface area contributed by atoms with Gasteiger partial charge in [0.15, 0.2) is 18.1 Å². The highest BCUT2D eigenvalue weighted by atomic mass is 16.6. The van der Waals surface area contributed by atoms with Crippen molar-refractivity contribution in [2.45, 2.75) is 0 Å². The van der Waals surface area contributed by atoms with Gasteiger partial charge in [0.1, 0.15) is 19.0 Å². The molecule has 8 nitrogen and oxygen atoms in total. The second kappa shape index (κ2) is 8.81. The van der Waals surface area contributed by atoms with Gasteiger partial charge in [0, 0.05) is 22.9 Å². The number of nitrogens with zero attached hydrogens (tertiary/aromatic N) is 2. The van der Waals surface area contributed by atoms with E-state index in [1.54, 1.807) is 42.5 Å². The van der Waals surface area contributed by atoms with E-state index in [-0.39, 0.29) is 12.5 Å². The van der Waals surface area contributed by atoms with Crippen LogP contribution in [0, 0.1) is 0 Å². The molecule has 0 spiro atoms. The number of ether oxygens (including phenoxy) is 3. The van der Waals surface area contributed by atoms with Crippen LogP contribution in [0.2, 0.25) is 0 Å². The van der Waals surface area contributed by atoms with Gasteiger partial charge >= 0.3 is 0 Å². The van der Waals surface area contributed by atoms with E-state index in [1.807, 2.05) is 30.3 Å². The lowest BCUT2D eigenvalue weighted by atomic mass is 10.2. The Balaban J connectivity index is 1.17. The van der Waals surface area contributed by atoms with Crippen LogP contribution in [0.4, 0.5) is 5.69 Å². The molecule has 0 saturated heterocycles. The maximum atomic E-state index is 12.2. The minimum atomic E-state index is -0.282. The molecule has 0 atom stereocenters. The first-order valence-corrected chi connectivity index (χ1v) is 10.1. The highest BCUT2D eigenvalue weighted by molar-refractivity contribution is 5.92. The molecule has 0 saturated carbocycles. The number of benzene rings is 3. The first-order chi connectivity index (χ1) is 15.7. The topological polar surface area (TPSA) is 95.7 Å². The van der Waals surface area contributed by atoms with Crippen LogP contribution in [0.15, 0.2) is 77.2 Å². The van der Waals surface area contributed by atoms with Gasteiger partial charge in [0.2, 0.25) is 11.8 Å². The molecule has 3 aromatic carbocycles. The van der Waals surface area contributed by atoms with Crippen molar-refractivity contribution < 1.29 is 23.4 Å². The number of carbonyl (C=O) groups excluding carboxylic acids is 1. The molecule has 0 radical (unpaired) electrons. The third kappa shape index (κ3) is 4.39. The zero-order chi connectivity index (χ0) is 21.8. The van der Waals surface area contributed by atoms with Crippen LogP contribution in [0.5, 0.6) is 17.2 Å². The van der Waals surface area contributed by atoms with E-state index in [1.165, 1.54) is 0 Å². The second-order valence-electron chi connectivity index (χ2n) is 7.00. The van der Waals surface area contributed by atoms with Gasteiger partial charge in [-0.2, -0.15) is 0 Å². The van der Waals surface area contributed by atoms with E-state index in [2.05, 4.69) is 15.5 Å². The van der Waals surface area contributed by atoms with Crippen molar-refractivity contribution in [3.05, 3.63) is 72.8 Å². The van der Waals surface area contributed by atoms with Gasteiger partial charge in [-0.15, -0.1) is 10.2 Å². The summed E-state index contributed by atoms with van der Waals surface area (Å²) in [5.41, 5.74) is 2.23. The van der Waals surface area contributed by atoms with Gasteiger partial charge in [-0.1, -0.05) is 18.2 Å². The molecule has 0 fully saturated rings. The number of nitrogens with one attached hydrogen (secondary N) is 1. The molecule has 0 bridgehead atoms. The largest absolute Gasteiger partial charge is 0.486 e. The first kappa shape index (κ1) is 19.6. The highest BCUT2D eigenvalue weighted by Crippen LogP contribution is 2.32. The van der Waals surface area contributed by atoms with Gasteiger partial charge in [-0.05, 0) is 48.5 Å². The minimum absolute atomic E-state index is 0.132. The number of aromatic nitrogens is 2. The molecule has 0 unspecified atom stereocenters. The molecular weight excluding hydrogens is 410 g/mol. The Morgan fingerprint density at radius 3 is 2.28 bits per heavy atom. The molecule has 1 N–H and O–H groups in total. The summed E-state index contributed by atoms with van der Waals surface area (Å²) in [7, 11) is 0. The van der Waals surface area contributed by atoms with Crippen LogP contribution in [0.1, 0.15) is 0 Å². The monoisotopic (exact) mass is 429 g/mol. The number of hydrogen-bond donors (Lipinski definition) is 1. The third-order valence-corrected chi connectivity index (χ3v) is 4.74. The number of amides is 1. The zero-order valence-corrected chi connectivity index (χ0v) is 17.0. The molecule has 1 aromatic heterocycles. The maximum absolute atomic E-state index is 12.2. The van der Waals surface area contributed by atoms with Crippen molar-refractivity contribution >= 4 is 11.6 Å². The summed E-state index contributed by atoms with van der Waals surface area (Å²) in [6, 6.07) is 21.9. The average molecular weight is 429 g/mol. The van der Waals surface area contributed by atoms with Crippen LogP contribution in [-0.4, -0.2) is 35.9 Å². The number of fused-ring (bicyclic) bond motifs is 1. The number of anilines is 1. The summed E-state index contributed by atoms with van der Waals surface area (Å²) in [6.07, 6.45) is 0. The Labute approximate surface area is 183 Å². The molecule has 8 heteroatoms. The van der Waals surface area contributed by atoms with Crippen LogP contribution < -0.4 is 19.5 Å². The predicted molar refractivity (Wildman–Crippen MR) is 117 cm³/mol. The first-order valence-electron chi connectivity index (χ1n) is 10.1. The van der Waals surface area contributed by atoms with Crippen molar-refractivity contribution in [1.82, 2.24) is 10.2 Å². The zero-order valence-electron chi connectivity index (χ0n) is 17.0. The lowest BCUT2D eigenvalue weighted by molar-refractivity contribution is -0.118. The van der Waals surface area contributed by atoms with Crippen molar-refractivity contribution in [3.8, 4) is 40.2 Å². The lowest BCUT2D eigenvalue weighted by Crippen LogP contribution is -2.20. The third-order valence-electron chi connectivity index (χ3n) is 4.74. The van der Waals surface area contributed by atoms with Crippen molar-refractivity contribution in [1.29, 1.82) is 0 Å². The Hall–Kier alpha value is -4.33. The Kier molecular flexibility index (Phi) is 5.40. The molecule has 160 valence electrons. The predicted octanol–water partition coefficient (Wildman–Crippen LogP) is 4.19. The average Bonchev–Trinajstić information content (AvgIpc) is 3.34. The summed E-state index contributed by atoms with van der Waals surface area (Å²) in [6.45, 7) is 0.874. The SMILES string of the molecule is O=C(COc1ccc(-c2nnc(-c3ccccc3)o2)cc1)Nc1ccc2c(c1)OCCO2. The molecular formula is C24H19N3O5. The molecule has 1 aliphatic heterocycles. The standard InChI is InChI=1S/C24H19N3O5/c28-22(25-18-8-11-20-21(14-18)30-13-12-29-20)15-31-19-9-6-17(7-10-19)24-27-26-23(32-24)16-4-2-1-3-5-16/h1-11,14H,12-13,15H2,(H,25,28). The maximum Gasteiger partial charge on any atom is 0.262 e. The van der Waals surface area contributed by atoms with E-state index >= 15 is 0 Å². The van der Waals surface area contributed by atoms with E-state index in [0.29, 0.717) is 47.9 Å². The summed E-state index contributed by atoms with van der Waals surface area (Å²) >= 11 is 0. The van der Waals surface area contributed by atoms with Gasteiger partial charge in [0.05, 0.1) is 0 Å². The number of carbonyl (C=O) groups is 1. The summed E-state index contributed by atoms with van der Waals surface area (Å²) in [4.78, 5) is 12.2. The van der Waals surface area contributed by atoms with Gasteiger partial charge in [-0.25, -0.2) is 0 Å². The smallest absolute Gasteiger partial charge is 0.262 e. The summed E-state index contributed by atoms with van der Waals surface area (Å²) < 4.78 is 22.3. The fraction of sp³-hybridized carbons (Fsp3) is 0.125. The van der Waals surface area contributed by atoms with Gasteiger partial charge in [0.25, 0.3) is 5.91 Å². The molecule has 5 rings (SSSR count). The fourth-order valence-electron chi connectivity index (χ4n) is 3.20. The molecule has 2 heterocycles.